The number of hydrogen-bond donors (Lipinski definition) is 0. The molecule has 1 aromatic heterocycles. The van der Waals surface area contributed by atoms with Crippen molar-refractivity contribution in [1.29, 1.82) is 0 Å². The van der Waals surface area contributed by atoms with Crippen LogP contribution in [0.4, 0.5) is 0 Å². The van der Waals surface area contributed by atoms with Crippen LogP contribution in [0.1, 0.15) is 21.7 Å². The molecule has 0 saturated carbocycles. The van der Waals surface area contributed by atoms with Crippen molar-refractivity contribution in [3.05, 3.63) is 59.7 Å². The number of Topliss-reactive ketones (excluding diaryl/α,β-unsaturated/α-hetero) is 1. The minimum atomic E-state index is -0.0464. The van der Waals surface area contributed by atoms with Gasteiger partial charge in [0.2, 0.25) is 5.78 Å². The van der Waals surface area contributed by atoms with Gasteiger partial charge in [0.25, 0.3) is 0 Å². The number of rotatable bonds is 3. The lowest BCUT2D eigenvalue weighted by Crippen LogP contribution is -2.08. The van der Waals surface area contributed by atoms with Crippen LogP contribution in [0.15, 0.2) is 42.7 Å². The van der Waals surface area contributed by atoms with Crippen molar-refractivity contribution in [2.75, 3.05) is 0 Å². The highest BCUT2D eigenvalue weighted by molar-refractivity contribution is 5.94. The third kappa shape index (κ3) is 2.31. The molecule has 0 aliphatic rings. The summed E-state index contributed by atoms with van der Waals surface area (Å²) < 4.78 is 0. The number of benzene rings is 1. The summed E-state index contributed by atoms with van der Waals surface area (Å²) in [5, 5.41) is 0. The molecule has 0 unspecified atom stereocenters. The molecule has 0 radical (unpaired) electrons. The van der Waals surface area contributed by atoms with Gasteiger partial charge in [-0.25, -0.2) is 9.97 Å². The van der Waals surface area contributed by atoms with E-state index < -0.39 is 0 Å². The second kappa shape index (κ2) is 4.66. The summed E-state index contributed by atoms with van der Waals surface area (Å²) in [6.45, 7) is 1.99. The lowest BCUT2D eigenvalue weighted by molar-refractivity contribution is 0.0983. The van der Waals surface area contributed by atoms with Crippen LogP contribution < -0.4 is 0 Å². The average molecular weight is 212 g/mol. The molecule has 2 rings (SSSR count). The van der Waals surface area contributed by atoms with Crippen LogP contribution in [0.3, 0.4) is 0 Å². The molecule has 80 valence electrons. The summed E-state index contributed by atoms with van der Waals surface area (Å²) >= 11 is 0. The zero-order chi connectivity index (χ0) is 11.4. The van der Waals surface area contributed by atoms with E-state index in [1.165, 1.54) is 0 Å². The Bertz CT molecular complexity index is 494. The molecule has 16 heavy (non-hydrogen) atoms. The number of ketones is 1. The number of nitrogens with zero attached hydrogens (tertiary/aromatic N) is 2. The fourth-order valence-corrected chi connectivity index (χ4v) is 1.50. The van der Waals surface area contributed by atoms with Crippen molar-refractivity contribution in [3.63, 3.8) is 0 Å². The van der Waals surface area contributed by atoms with Crippen molar-refractivity contribution < 1.29 is 4.79 Å². The Labute approximate surface area is 94.2 Å². The topological polar surface area (TPSA) is 42.9 Å². The van der Waals surface area contributed by atoms with Crippen LogP contribution in [-0.4, -0.2) is 15.8 Å². The first-order chi connectivity index (χ1) is 7.77. The van der Waals surface area contributed by atoms with E-state index in [2.05, 4.69) is 9.97 Å². The first-order valence-electron chi connectivity index (χ1n) is 5.12. The number of carbonyl (C=O) groups excluding carboxylic acids is 1. The summed E-state index contributed by atoms with van der Waals surface area (Å²) in [6.07, 6.45) is 3.52. The third-order valence-electron chi connectivity index (χ3n) is 2.43. The molecule has 0 aliphatic heterocycles. The monoisotopic (exact) mass is 212 g/mol. The number of aryl methyl sites for hydroxylation is 1. The maximum absolute atomic E-state index is 11.8. The van der Waals surface area contributed by atoms with Crippen molar-refractivity contribution in [2.24, 2.45) is 0 Å². The number of hydrogen-bond acceptors (Lipinski definition) is 3. The lowest BCUT2D eigenvalue weighted by Gasteiger charge is -2.03. The van der Waals surface area contributed by atoms with Crippen LogP contribution in [-0.2, 0) is 6.42 Å². The minimum Gasteiger partial charge on any atom is -0.290 e. The van der Waals surface area contributed by atoms with Gasteiger partial charge in [0.05, 0.1) is 0 Å². The van der Waals surface area contributed by atoms with Crippen LogP contribution in [0.2, 0.25) is 0 Å². The van der Waals surface area contributed by atoms with E-state index in [4.69, 9.17) is 0 Å². The fourth-order valence-electron chi connectivity index (χ4n) is 1.50. The van der Waals surface area contributed by atoms with Crippen LogP contribution in [0, 0.1) is 6.92 Å². The van der Waals surface area contributed by atoms with Crippen molar-refractivity contribution in [2.45, 2.75) is 13.3 Å². The Kier molecular flexibility index (Phi) is 3.05. The van der Waals surface area contributed by atoms with E-state index in [9.17, 15) is 4.79 Å². The molecule has 1 aromatic carbocycles. The maximum Gasteiger partial charge on any atom is 0.204 e. The molecule has 0 N–H and O–H groups in total. The van der Waals surface area contributed by atoms with Gasteiger partial charge in [-0.2, -0.15) is 0 Å². The minimum absolute atomic E-state index is 0.0464. The predicted octanol–water partition coefficient (Wildman–Crippen LogP) is 2.21. The van der Waals surface area contributed by atoms with Crippen molar-refractivity contribution >= 4 is 5.78 Å². The Morgan fingerprint density at radius 2 is 1.81 bits per heavy atom. The predicted molar refractivity (Wildman–Crippen MR) is 61.2 cm³/mol. The van der Waals surface area contributed by atoms with Crippen molar-refractivity contribution in [1.82, 2.24) is 9.97 Å². The highest BCUT2D eigenvalue weighted by Crippen LogP contribution is 2.09. The molecule has 0 saturated heterocycles. The maximum atomic E-state index is 11.8. The first-order valence-corrected chi connectivity index (χ1v) is 5.12. The summed E-state index contributed by atoms with van der Waals surface area (Å²) in [5.74, 6) is 0.237. The standard InChI is InChI=1S/C13H12N2O/c1-10-5-2-3-6-11(10)9-12(16)13-14-7-4-8-15-13/h2-8H,9H2,1H3. The summed E-state index contributed by atoms with van der Waals surface area (Å²) in [6, 6.07) is 9.54. The van der Waals surface area contributed by atoms with Crippen molar-refractivity contribution in [3.8, 4) is 0 Å². The van der Waals surface area contributed by atoms with E-state index in [-0.39, 0.29) is 11.6 Å². The fraction of sp³-hybridized carbons (Fsp3) is 0.154. The lowest BCUT2D eigenvalue weighted by atomic mass is 10.0. The molecule has 0 atom stereocenters. The molecule has 3 nitrogen and oxygen atoms in total. The van der Waals surface area contributed by atoms with E-state index in [0.717, 1.165) is 11.1 Å². The molecule has 1 heterocycles. The van der Waals surface area contributed by atoms with Gasteiger partial charge in [0, 0.05) is 18.8 Å². The van der Waals surface area contributed by atoms with E-state index in [0.29, 0.717) is 6.42 Å². The second-order valence-electron chi connectivity index (χ2n) is 3.60. The zero-order valence-corrected chi connectivity index (χ0v) is 9.05. The molecule has 0 fully saturated rings. The van der Waals surface area contributed by atoms with Crippen LogP contribution >= 0.6 is 0 Å². The van der Waals surface area contributed by atoms with Gasteiger partial charge in [0.1, 0.15) is 0 Å². The Hall–Kier alpha value is -2.03. The summed E-state index contributed by atoms with van der Waals surface area (Å²) in [7, 11) is 0. The molecular formula is C13H12N2O. The molecule has 0 amide bonds. The Balaban J connectivity index is 2.18. The SMILES string of the molecule is Cc1ccccc1CC(=O)c1ncccn1. The number of carbonyl (C=O) groups is 1. The van der Waals surface area contributed by atoms with Crippen LogP contribution in [0.25, 0.3) is 0 Å². The van der Waals surface area contributed by atoms with E-state index >= 15 is 0 Å². The molecule has 0 aliphatic carbocycles. The molecule has 0 spiro atoms. The summed E-state index contributed by atoms with van der Waals surface area (Å²) in [5.41, 5.74) is 2.15. The van der Waals surface area contributed by atoms with Crippen LogP contribution in [0.5, 0.6) is 0 Å². The Morgan fingerprint density at radius 1 is 1.12 bits per heavy atom. The highest BCUT2D eigenvalue weighted by Gasteiger charge is 2.10. The van der Waals surface area contributed by atoms with Gasteiger partial charge < -0.3 is 0 Å². The smallest absolute Gasteiger partial charge is 0.204 e. The zero-order valence-electron chi connectivity index (χ0n) is 9.05. The largest absolute Gasteiger partial charge is 0.290 e. The highest BCUT2D eigenvalue weighted by atomic mass is 16.1. The van der Waals surface area contributed by atoms with Gasteiger partial charge >= 0.3 is 0 Å². The van der Waals surface area contributed by atoms with E-state index in [1.54, 1.807) is 18.5 Å². The second-order valence-corrected chi connectivity index (χ2v) is 3.60. The number of aromatic nitrogens is 2. The Morgan fingerprint density at radius 3 is 2.50 bits per heavy atom. The third-order valence-corrected chi connectivity index (χ3v) is 2.43. The summed E-state index contributed by atoms with van der Waals surface area (Å²) in [4.78, 5) is 19.7. The quantitative estimate of drug-likeness (QED) is 0.732. The molecule has 3 heteroatoms. The van der Waals surface area contributed by atoms with E-state index in [1.807, 2.05) is 31.2 Å². The van der Waals surface area contributed by atoms with Gasteiger partial charge in [-0.1, -0.05) is 24.3 Å². The van der Waals surface area contributed by atoms with Gasteiger partial charge in [-0.3, -0.25) is 4.79 Å². The molecular weight excluding hydrogens is 200 g/mol. The van der Waals surface area contributed by atoms with Gasteiger partial charge in [0.15, 0.2) is 5.82 Å². The first kappa shape index (κ1) is 10.5. The molecule has 2 aromatic rings. The van der Waals surface area contributed by atoms with Gasteiger partial charge in [-0.05, 0) is 24.1 Å². The van der Waals surface area contributed by atoms with Gasteiger partial charge in [-0.15, -0.1) is 0 Å². The average Bonchev–Trinajstić information content (AvgIpc) is 2.33. The normalized spacial score (nSPS) is 10.1. The molecule has 0 bridgehead atoms.